The molecule has 1 aromatic heterocycles. The Morgan fingerprint density at radius 1 is 1.52 bits per heavy atom. The van der Waals surface area contributed by atoms with Crippen LogP contribution in [0.15, 0.2) is 12.3 Å². The van der Waals surface area contributed by atoms with Crippen LogP contribution < -0.4 is 10.1 Å². The van der Waals surface area contributed by atoms with E-state index in [-0.39, 0.29) is 24.5 Å². The molecule has 2 N–H and O–H groups in total. The lowest BCUT2D eigenvalue weighted by molar-refractivity contribution is -0.0796. The number of aliphatic hydroxyl groups is 1. The number of nitrogens with zero attached hydrogens (tertiary/aromatic N) is 3. The lowest BCUT2D eigenvalue weighted by Gasteiger charge is -2.46. The molecule has 0 radical (unpaired) electrons. The second kappa shape index (κ2) is 7.90. The Bertz CT molecular complexity index is 558. The minimum Gasteiger partial charge on any atom is -0.495 e. The van der Waals surface area contributed by atoms with Crippen molar-refractivity contribution in [2.75, 3.05) is 40.0 Å². The predicted molar refractivity (Wildman–Crippen MR) is 85.7 cm³/mol. The molecule has 3 atom stereocenters. The summed E-state index contributed by atoms with van der Waals surface area (Å²) in [5, 5.41) is 22.9. The van der Waals surface area contributed by atoms with E-state index in [0.717, 1.165) is 13.1 Å². The molecule has 7 nitrogen and oxygen atoms in total. The topological polar surface area (TPSA) is 90.6 Å². The second-order valence-corrected chi connectivity index (χ2v) is 5.64. The first kappa shape index (κ1) is 17.9. The number of aromatic nitrogens is 1. The summed E-state index contributed by atoms with van der Waals surface area (Å²) in [4.78, 5) is 6.48. The van der Waals surface area contributed by atoms with E-state index in [0.29, 0.717) is 36.8 Å². The van der Waals surface area contributed by atoms with Crippen molar-refractivity contribution in [2.24, 2.45) is 0 Å². The van der Waals surface area contributed by atoms with Gasteiger partial charge in [0.15, 0.2) is 0 Å². The molecule has 2 aliphatic rings. The van der Waals surface area contributed by atoms with Crippen LogP contribution in [0.5, 0.6) is 5.75 Å². The molecule has 8 heteroatoms. The number of pyridine rings is 1. The maximum absolute atomic E-state index is 10.5. The van der Waals surface area contributed by atoms with Gasteiger partial charge in [0.05, 0.1) is 26.0 Å². The van der Waals surface area contributed by atoms with Gasteiger partial charge in [-0.25, -0.2) is 0 Å². The number of fused-ring (bicyclic) bond motifs is 2. The number of hydrogen-bond donors (Lipinski definition) is 2. The normalized spacial score (nSPS) is 25.1. The highest BCUT2D eigenvalue weighted by Crippen LogP contribution is 2.24. The molecule has 1 aromatic rings. The van der Waals surface area contributed by atoms with Crippen LogP contribution in [0.2, 0.25) is 0 Å². The van der Waals surface area contributed by atoms with Gasteiger partial charge in [-0.1, -0.05) is 0 Å². The Balaban J connectivity index is 0.00000192. The maximum atomic E-state index is 10.5. The number of rotatable bonds is 4. The first-order chi connectivity index (χ1) is 10.7. The Hall–Kier alpha value is -1.43. The Morgan fingerprint density at radius 2 is 2.22 bits per heavy atom. The average Bonchev–Trinajstić information content (AvgIpc) is 2.54. The molecule has 126 valence electrons. The van der Waals surface area contributed by atoms with Gasteiger partial charge in [0.25, 0.3) is 0 Å². The molecule has 0 aromatic carbocycles. The molecule has 0 amide bonds. The molecule has 3 heterocycles. The number of halogens is 1. The summed E-state index contributed by atoms with van der Waals surface area (Å²) in [5.74, 6) is 0.440. The van der Waals surface area contributed by atoms with Crippen molar-refractivity contribution in [3.63, 3.8) is 0 Å². The summed E-state index contributed by atoms with van der Waals surface area (Å²) in [6, 6.07) is 4.22. The Morgan fingerprint density at radius 3 is 2.83 bits per heavy atom. The first-order valence-corrected chi connectivity index (χ1v) is 7.39. The number of ether oxygens (including phenoxy) is 2. The van der Waals surface area contributed by atoms with Crippen molar-refractivity contribution >= 4 is 12.4 Å². The maximum Gasteiger partial charge on any atom is 0.140 e. The Kier molecular flexibility index (Phi) is 6.16. The zero-order valence-corrected chi connectivity index (χ0v) is 13.8. The van der Waals surface area contributed by atoms with Crippen LogP contribution in [-0.2, 0) is 4.74 Å². The van der Waals surface area contributed by atoms with Gasteiger partial charge in [0.1, 0.15) is 23.5 Å². The number of hydrogen-bond acceptors (Lipinski definition) is 7. The summed E-state index contributed by atoms with van der Waals surface area (Å²) < 4.78 is 10.8. The molecule has 1 unspecified atom stereocenters. The highest BCUT2D eigenvalue weighted by molar-refractivity contribution is 5.85. The molecule has 2 fully saturated rings. The summed E-state index contributed by atoms with van der Waals surface area (Å²) in [7, 11) is 1.50. The van der Waals surface area contributed by atoms with Gasteiger partial charge >= 0.3 is 0 Å². The van der Waals surface area contributed by atoms with Crippen molar-refractivity contribution < 1.29 is 14.6 Å². The van der Waals surface area contributed by atoms with E-state index in [1.807, 2.05) is 6.07 Å². The fourth-order valence-electron chi connectivity index (χ4n) is 3.08. The number of methoxy groups -OCH3 is 1. The summed E-state index contributed by atoms with van der Waals surface area (Å²) in [6.07, 6.45) is 0.724. The fraction of sp³-hybridized carbons (Fsp3) is 0.600. The van der Waals surface area contributed by atoms with Crippen molar-refractivity contribution in [2.45, 2.75) is 18.2 Å². The Labute approximate surface area is 141 Å². The van der Waals surface area contributed by atoms with Crippen LogP contribution >= 0.6 is 12.4 Å². The second-order valence-electron chi connectivity index (χ2n) is 5.64. The first-order valence-electron chi connectivity index (χ1n) is 7.39. The lowest BCUT2D eigenvalue weighted by Crippen LogP contribution is -2.64. The minimum atomic E-state index is -0.720. The van der Waals surface area contributed by atoms with Gasteiger partial charge in [-0.05, 0) is 0 Å². The quantitative estimate of drug-likeness (QED) is 0.802. The van der Waals surface area contributed by atoms with E-state index < -0.39 is 6.10 Å². The number of morpholine rings is 1. The van der Waals surface area contributed by atoms with Gasteiger partial charge in [-0.2, -0.15) is 5.26 Å². The lowest BCUT2D eigenvalue weighted by atomic mass is 10.0. The summed E-state index contributed by atoms with van der Waals surface area (Å²) >= 11 is 0. The zero-order chi connectivity index (χ0) is 15.5. The molecule has 0 saturated carbocycles. The third kappa shape index (κ3) is 3.74. The van der Waals surface area contributed by atoms with Crippen LogP contribution in [0, 0.1) is 11.3 Å². The third-order valence-electron chi connectivity index (χ3n) is 4.27. The smallest absolute Gasteiger partial charge is 0.140 e. The number of aliphatic hydroxyl groups excluding tert-OH is 1. The molecule has 2 saturated heterocycles. The molecule has 23 heavy (non-hydrogen) atoms. The monoisotopic (exact) mass is 340 g/mol. The van der Waals surface area contributed by atoms with E-state index in [9.17, 15) is 5.11 Å². The molecule has 0 spiro atoms. The van der Waals surface area contributed by atoms with E-state index >= 15 is 0 Å². The van der Waals surface area contributed by atoms with Gasteiger partial charge < -0.3 is 19.9 Å². The van der Waals surface area contributed by atoms with Crippen molar-refractivity contribution in [3.05, 3.63) is 23.5 Å². The van der Waals surface area contributed by atoms with Crippen molar-refractivity contribution in [3.8, 4) is 11.8 Å². The highest BCUT2D eigenvalue weighted by Gasteiger charge is 2.35. The molecule has 2 bridgehead atoms. The SMILES string of the molecule is COc1cc(C(O)CN2[C@@H]3CNC[C@H]2COC3)ncc1C#N.Cl. The van der Waals surface area contributed by atoms with Gasteiger partial charge in [0.2, 0.25) is 0 Å². The van der Waals surface area contributed by atoms with Crippen LogP contribution in [0.4, 0.5) is 0 Å². The van der Waals surface area contributed by atoms with E-state index in [1.54, 1.807) is 6.07 Å². The van der Waals surface area contributed by atoms with Crippen LogP contribution in [0.1, 0.15) is 17.4 Å². The number of piperazine rings is 1. The zero-order valence-electron chi connectivity index (χ0n) is 12.9. The van der Waals surface area contributed by atoms with Crippen molar-refractivity contribution in [1.29, 1.82) is 5.26 Å². The molecular weight excluding hydrogens is 320 g/mol. The van der Waals surface area contributed by atoms with Gasteiger partial charge in [-0.15, -0.1) is 12.4 Å². The van der Waals surface area contributed by atoms with Gasteiger partial charge in [0, 0.05) is 44.0 Å². The minimum absolute atomic E-state index is 0. The van der Waals surface area contributed by atoms with E-state index in [1.165, 1.54) is 13.3 Å². The molecule has 2 aliphatic heterocycles. The van der Waals surface area contributed by atoms with Crippen LogP contribution in [-0.4, -0.2) is 67.0 Å². The summed E-state index contributed by atoms with van der Waals surface area (Å²) in [6.45, 7) is 3.60. The largest absolute Gasteiger partial charge is 0.495 e. The standard InChI is InChI=1S/C15H20N4O3.ClH/c1-21-15-2-13(18-4-10(15)3-16)14(20)7-19-11-5-17-6-12(19)9-22-8-11;/h2,4,11-12,14,17,20H,5-9H2,1H3;1H/t11-,12+,14?;. The van der Waals surface area contributed by atoms with E-state index in [2.05, 4.69) is 15.2 Å². The molecular formula is C15H21ClN4O3. The summed E-state index contributed by atoms with van der Waals surface area (Å²) in [5.41, 5.74) is 0.888. The van der Waals surface area contributed by atoms with Crippen molar-refractivity contribution in [1.82, 2.24) is 15.2 Å². The molecule has 0 aliphatic carbocycles. The van der Waals surface area contributed by atoms with Gasteiger partial charge in [-0.3, -0.25) is 9.88 Å². The fourth-order valence-corrected chi connectivity index (χ4v) is 3.08. The average molecular weight is 341 g/mol. The highest BCUT2D eigenvalue weighted by atomic mass is 35.5. The molecule has 3 rings (SSSR count). The third-order valence-corrected chi connectivity index (χ3v) is 4.27. The predicted octanol–water partition coefficient (Wildman–Crippen LogP) is 0.0897. The number of nitriles is 1. The van der Waals surface area contributed by atoms with Crippen LogP contribution in [0.3, 0.4) is 0 Å². The van der Waals surface area contributed by atoms with Crippen LogP contribution in [0.25, 0.3) is 0 Å². The van der Waals surface area contributed by atoms with E-state index in [4.69, 9.17) is 14.7 Å². The number of nitrogens with one attached hydrogen (secondary N) is 1.